The molecule has 0 saturated heterocycles. The summed E-state index contributed by atoms with van der Waals surface area (Å²) in [4.78, 5) is 0. The summed E-state index contributed by atoms with van der Waals surface area (Å²) < 4.78 is 1.50. The maximum atomic E-state index is 11.6. The molecule has 0 unspecified atom stereocenters. The summed E-state index contributed by atoms with van der Waals surface area (Å²) in [5.74, 6) is 0. The van der Waals surface area contributed by atoms with Gasteiger partial charge in [-0.2, -0.15) is 0 Å². The standard InChI is InChI=1S/C33H46N2/c1-5-9-12-15-26-18-22-28(23-19-26)32-30(8-4)31(17-14-11-7-3)33(35(32)34)29-24-20-27(21-25-29)16-13-10-6-2/h18-25H,5-17H2,1-4H3. The zero-order valence-electron chi connectivity index (χ0n) is 22.7. The smallest absolute Gasteiger partial charge is 0.211 e. The molecular weight excluding hydrogens is 424 g/mol. The van der Waals surface area contributed by atoms with Crippen LogP contribution in [0.2, 0.25) is 0 Å². The molecule has 35 heavy (non-hydrogen) atoms. The molecule has 2 nitrogen and oxygen atoms in total. The lowest BCUT2D eigenvalue weighted by atomic mass is 9.93. The molecule has 0 aliphatic carbocycles. The number of rotatable bonds is 15. The monoisotopic (exact) mass is 470 g/mol. The van der Waals surface area contributed by atoms with Crippen molar-refractivity contribution in [3.8, 4) is 0 Å². The SMILES string of the molecule is CCCCCC1=C(c2ccc(CCCCC)cc2)[N+](=[N-])C(c2ccc(CCCCC)cc2)=C1CC. The fourth-order valence-corrected chi connectivity index (χ4v) is 5.27. The van der Waals surface area contributed by atoms with E-state index >= 15 is 0 Å². The Morgan fingerprint density at radius 1 is 0.514 bits per heavy atom. The first-order chi connectivity index (χ1) is 17.1. The van der Waals surface area contributed by atoms with Crippen molar-refractivity contribution in [2.45, 2.75) is 111 Å². The lowest BCUT2D eigenvalue weighted by Gasteiger charge is -2.11. The molecule has 2 aromatic rings. The van der Waals surface area contributed by atoms with Gasteiger partial charge in [-0.1, -0.05) is 90.5 Å². The van der Waals surface area contributed by atoms with Crippen LogP contribution in [0.5, 0.6) is 0 Å². The third kappa shape index (κ3) is 7.03. The highest BCUT2D eigenvalue weighted by molar-refractivity contribution is 5.82. The van der Waals surface area contributed by atoms with Gasteiger partial charge in [0.05, 0.1) is 0 Å². The summed E-state index contributed by atoms with van der Waals surface area (Å²) >= 11 is 0. The van der Waals surface area contributed by atoms with Crippen LogP contribution in [0.4, 0.5) is 0 Å². The van der Waals surface area contributed by atoms with Crippen molar-refractivity contribution in [1.82, 2.24) is 0 Å². The molecule has 0 atom stereocenters. The van der Waals surface area contributed by atoms with Gasteiger partial charge in [0.15, 0.2) is 0 Å². The van der Waals surface area contributed by atoms with E-state index in [0.29, 0.717) is 0 Å². The third-order valence-electron chi connectivity index (χ3n) is 7.34. The Bertz CT molecular complexity index is 1010. The van der Waals surface area contributed by atoms with Gasteiger partial charge in [-0.05, 0) is 80.3 Å². The Balaban J connectivity index is 1.91. The highest BCUT2D eigenvalue weighted by Crippen LogP contribution is 2.43. The van der Waals surface area contributed by atoms with E-state index in [4.69, 9.17) is 0 Å². The molecule has 0 amide bonds. The molecule has 0 radical (unpaired) electrons. The van der Waals surface area contributed by atoms with E-state index in [-0.39, 0.29) is 0 Å². The van der Waals surface area contributed by atoms with E-state index in [1.54, 1.807) is 0 Å². The molecule has 2 heteroatoms. The van der Waals surface area contributed by atoms with Crippen LogP contribution in [0, 0.1) is 0 Å². The van der Waals surface area contributed by atoms with Crippen molar-refractivity contribution >= 4 is 11.4 Å². The average Bonchev–Trinajstić information content (AvgIpc) is 3.16. The van der Waals surface area contributed by atoms with Gasteiger partial charge in [-0.15, -0.1) is 0 Å². The molecule has 0 saturated carbocycles. The fraction of sp³-hybridized carbons (Fsp3) is 0.515. The summed E-state index contributed by atoms with van der Waals surface area (Å²) in [5, 5.41) is 0. The summed E-state index contributed by atoms with van der Waals surface area (Å²) in [7, 11) is 0. The van der Waals surface area contributed by atoms with Crippen LogP contribution >= 0.6 is 0 Å². The van der Waals surface area contributed by atoms with Crippen LogP contribution < -0.4 is 0 Å². The van der Waals surface area contributed by atoms with Crippen molar-refractivity contribution in [3.05, 3.63) is 87.5 Å². The molecule has 1 heterocycles. The normalized spacial score (nSPS) is 13.9. The number of nitrogens with zero attached hydrogens (tertiary/aromatic N) is 2. The van der Waals surface area contributed by atoms with E-state index < -0.39 is 0 Å². The van der Waals surface area contributed by atoms with Crippen molar-refractivity contribution < 1.29 is 4.70 Å². The minimum absolute atomic E-state index is 0.921. The van der Waals surface area contributed by atoms with Crippen LogP contribution in [0.25, 0.3) is 16.9 Å². The molecule has 0 aromatic heterocycles. The first-order valence-corrected chi connectivity index (χ1v) is 14.3. The number of hydrogen-bond acceptors (Lipinski definition) is 0. The van der Waals surface area contributed by atoms with Gasteiger partial charge in [-0.25, -0.2) is 4.70 Å². The number of benzene rings is 2. The van der Waals surface area contributed by atoms with E-state index in [2.05, 4.69) is 76.2 Å². The third-order valence-corrected chi connectivity index (χ3v) is 7.34. The van der Waals surface area contributed by atoms with Crippen LogP contribution in [-0.4, -0.2) is 4.70 Å². The highest BCUT2D eigenvalue weighted by atomic mass is 15.2. The first kappa shape index (κ1) is 27.1. The van der Waals surface area contributed by atoms with Gasteiger partial charge in [0.2, 0.25) is 11.4 Å². The summed E-state index contributed by atoms with van der Waals surface area (Å²) in [6.07, 6.45) is 15.3. The van der Waals surface area contributed by atoms with Crippen LogP contribution in [0.3, 0.4) is 0 Å². The van der Waals surface area contributed by atoms with Gasteiger partial charge in [0.1, 0.15) is 0 Å². The minimum atomic E-state index is 0.921. The molecule has 0 spiro atoms. The Morgan fingerprint density at radius 2 is 0.914 bits per heavy atom. The Morgan fingerprint density at radius 3 is 1.31 bits per heavy atom. The maximum absolute atomic E-state index is 11.6. The molecule has 0 bridgehead atoms. The van der Waals surface area contributed by atoms with E-state index in [1.807, 2.05) is 0 Å². The van der Waals surface area contributed by atoms with Crippen LogP contribution in [0.1, 0.15) is 121 Å². The molecule has 0 N–H and O–H groups in total. The second-order valence-corrected chi connectivity index (χ2v) is 10.1. The number of hydrogen-bond donors (Lipinski definition) is 0. The molecule has 1 aliphatic rings. The molecule has 1 aliphatic heterocycles. The predicted molar refractivity (Wildman–Crippen MR) is 151 cm³/mol. The molecular formula is C33H46N2. The van der Waals surface area contributed by atoms with Gasteiger partial charge in [0, 0.05) is 22.3 Å². The second-order valence-electron chi connectivity index (χ2n) is 10.1. The van der Waals surface area contributed by atoms with Gasteiger partial charge in [-0.3, -0.25) is 0 Å². The molecule has 188 valence electrons. The van der Waals surface area contributed by atoms with Crippen molar-refractivity contribution in [2.24, 2.45) is 0 Å². The predicted octanol–water partition coefficient (Wildman–Crippen LogP) is 10.3. The topological polar surface area (TPSA) is 25.3 Å². The number of unbranched alkanes of at least 4 members (excludes halogenated alkanes) is 6. The van der Waals surface area contributed by atoms with Crippen molar-refractivity contribution in [1.29, 1.82) is 0 Å². The first-order valence-electron chi connectivity index (χ1n) is 14.3. The molecule has 0 fully saturated rings. The maximum Gasteiger partial charge on any atom is 0.211 e. The Hall–Kier alpha value is -2.48. The molecule has 2 aromatic carbocycles. The van der Waals surface area contributed by atoms with Crippen molar-refractivity contribution in [3.63, 3.8) is 0 Å². The van der Waals surface area contributed by atoms with Gasteiger partial charge < -0.3 is 5.53 Å². The summed E-state index contributed by atoms with van der Waals surface area (Å²) in [6.45, 7) is 8.98. The zero-order valence-corrected chi connectivity index (χ0v) is 22.7. The zero-order chi connectivity index (χ0) is 25.0. The van der Waals surface area contributed by atoms with E-state index in [1.165, 1.54) is 78.3 Å². The van der Waals surface area contributed by atoms with Crippen LogP contribution in [-0.2, 0) is 12.8 Å². The highest BCUT2D eigenvalue weighted by Gasteiger charge is 2.34. The molecule has 3 rings (SSSR count). The Kier molecular flexibility index (Phi) is 11.0. The lowest BCUT2D eigenvalue weighted by Crippen LogP contribution is -2.03. The second kappa shape index (κ2) is 14.2. The van der Waals surface area contributed by atoms with E-state index in [9.17, 15) is 5.53 Å². The van der Waals surface area contributed by atoms with Crippen molar-refractivity contribution in [2.75, 3.05) is 0 Å². The minimum Gasteiger partial charge on any atom is -0.493 e. The summed E-state index contributed by atoms with van der Waals surface area (Å²) in [5.41, 5.74) is 21.2. The largest absolute Gasteiger partial charge is 0.493 e. The quantitative estimate of drug-likeness (QED) is 0.183. The number of aryl methyl sites for hydroxylation is 2. The lowest BCUT2D eigenvalue weighted by molar-refractivity contribution is -0.345. The fourth-order valence-electron chi connectivity index (χ4n) is 5.27. The summed E-state index contributed by atoms with van der Waals surface area (Å²) in [6, 6.07) is 17.9. The Labute approximate surface area is 214 Å². The van der Waals surface area contributed by atoms with Crippen LogP contribution in [0.15, 0.2) is 59.7 Å². The van der Waals surface area contributed by atoms with Gasteiger partial charge in [0.25, 0.3) is 0 Å². The van der Waals surface area contributed by atoms with E-state index in [0.717, 1.165) is 54.6 Å². The number of allylic oxidation sites excluding steroid dienone is 2. The average molecular weight is 471 g/mol. The van der Waals surface area contributed by atoms with Gasteiger partial charge >= 0.3 is 0 Å².